The summed E-state index contributed by atoms with van der Waals surface area (Å²) in [7, 11) is 0. The van der Waals surface area contributed by atoms with E-state index in [1.807, 2.05) is 0 Å². The number of hydrogen-bond donors (Lipinski definition) is 2. The zero-order valence-corrected chi connectivity index (χ0v) is 12.4. The number of unbranched alkanes of at least 4 members (excludes halogenated alkanes) is 4. The van der Waals surface area contributed by atoms with E-state index in [1.165, 1.54) is 18.9 Å². The maximum atomic E-state index is 13.7. The number of anilines is 1. The Morgan fingerprint density at radius 3 is 2.50 bits per heavy atom. The van der Waals surface area contributed by atoms with Crippen LogP contribution < -0.4 is 11.1 Å². The monoisotopic (exact) mass is 280 g/mol. The molecule has 1 aromatic rings. The van der Waals surface area contributed by atoms with Crippen LogP contribution >= 0.6 is 0 Å². The number of nitrogens with one attached hydrogen (secondary N) is 1. The van der Waals surface area contributed by atoms with Crippen molar-refractivity contribution in [3.63, 3.8) is 0 Å². The predicted molar refractivity (Wildman–Crippen MR) is 81.0 cm³/mol. The summed E-state index contributed by atoms with van der Waals surface area (Å²) in [6.45, 7) is 3.90. The lowest BCUT2D eigenvalue weighted by Gasteiger charge is -2.29. The Kier molecular flexibility index (Phi) is 6.49. The molecule has 3 N–H and O–H groups in total. The van der Waals surface area contributed by atoms with Crippen LogP contribution in [-0.2, 0) is 4.79 Å². The van der Waals surface area contributed by atoms with Gasteiger partial charge in [0.15, 0.2) is 0 Å². The third-order valence-electron chi connectivity index (χ3n) is 3.61. The summed E-state index contributed by atoms with van der Waals surface area (Å²) in [4.78, 5) is 11.7. The molecule has 0 aromatic heterocycles. The molecule has 0 radical (unpaired) electrons. The molecule has 0 bridgehead atoms. The van der Waals surface area contributed by atoms with Crippen molar-refractivity contribution in [3.8, 4) is 0 Å². The Hall–Kier alpha value is -1.58. The van der Waals surface area contributed by atoms with Gasteiger partial charge in [0, 0.05) is 0 Å². The van der Waals surface area contributed by atoms with E-state index in [2.05, 4.69) is 12.2 Å². The van der Waals surface area contributed by atoms with Crippen molar-refractivity contribution >= 4 is 11.6 Å². The number of amides is 1. The predicted octanol–water partition coefficient (Wildman–Crippen LogP) is 3.84. The lowest BCUT2D eigenvalue weighted by Crippen LogP contribution is -2.48. The number of hydrogen-bond acceptors (Lipinski definition) is 2. The molecule has 112 valence electrons. The van der Waals surface area contributed by atoms with Gasteiger partial charge in [-0.3, -0.25) is 4.79 Å². The van der Waals surface area contributed by atoms with Crippen LogP contribution in [0, 0.1) is 5.82 Å². The van der Waals surface area contributed by atoms with E-state index < -0.39 is 11.4 Å². The number of carbonyl (C=O) groups is 1. The van der Waals surface area contributed by atoms with Crippen LogP contribution in [0.2, 0.25) is 0 Å². The normalized spacial score (nSPS) is 13.8. The Morgan fingerprint density at radius 1 is 1.25 bits per heavy atom. The molecule has 1 aromatic carbocycles. The molecule has 1 atom stereocenters. The van der Waals surface area contributed by atoms with Gasteiger partial charge in [0.25, 0.3) is 0 Å². The van der Waals surface area contributed by atoms with Crippen LogP contribution in [0.5, 0.6) is 0 Å². The van der Waals surface area contributed by atoms with Gasteiger partial charge < -0.3 is 11.1 Å². The first-order valence-corrected chi connectivity index (χ1v) is 7.32. The van der Waals surface area contributed by atoms with Crippen LogP contribution in [0.4, 0.5) is 10.1 Å². The van der Waals surface area contributed by atoms with E-state index >= 15 is 0 Å². The highest BCUT2D eigenvalue weighted by molar-refractivity contribution is 5.87. The fourth-order valence-electron chi connectivity index (χ4n) is 2.19. The summed E-state index contributed by atoms with van der Waals surface area (Å²) in [5, 5.41) is 2.96. The van der Waals surface area contributed by atoms with E-state index in [0.29, 0.717) is 12.1 Å². The average Bonchev–Trinajstić information content (AvgIpc) is 2.41. The van der Waals surface area contributed by atoms with Crippen molar-refractivity contribution in [2.45, 2.75) is 57.9 Å². The second kappa shape index (κ2) is 7.88. The van der Waals surface area contributed by atoms with E-state index in [4.69, 9.17) is 5.73 Å². The van der Waals surface area contributed by atoms with Crippen LogP contribution in [0.25, 0.3) is 0 Å². The third-order valence-corrected chi connectivity index (χ3v) is 3.61. The largest absolute Gasteiger partial charge is 0.369 e. The summed E-state index contributed by atoms with van der Waals surface area (Å²) < 4.78 is 13.7. The summed E-state index contributed by atoms with van der Waals surface area (Å²) >= 11 is 0. The summed E-state index contributed by atoms with van der Waals surface area (Å²) in [6.07, 6.45) is 6.12. The number of primary amides is 1. The van der Waals surface area contributed by atoms with Crippen LogP contribution in [0.3, 0.4) is 0 Å². The molecule has 0 saturated carbocycles. The molecule has 0 fully saturated rings. The van der Waals surface area contributed by atoms with E-state index in [1.54, 1.807) is 25.1 Å². The zero-order chi connectivity index (χ0) is 15.0. The molecule has 1 unspecified atom stereocenters. The average molecular weight is 280 g/mol. The van der Waals surface area contributed by atoms with E-state index in [0.717, 1.165) is 19.3 Å². The molecule has 1 amide bonds. The maximum absolute atomic E-state index is 13.7. The zero-order valence-electron chi connectivity index (χ0n) is 12.4. The van der Waals surface area contributed by atoms with Crippen molar-refractivity contribution in [1.29, 1.82) is 0 Å². The van der Waals surface area contributed by atoms with Crippen molar-refractivity contribution in [2.24, 2.45) is 5.73 Å². The fourth-order valence-corrected chi connectivity index (χ4v) is 2.19. The van der Waals surface area contributed by atoms with Gasteiger partial charge in [0.1, 0.15) is 11.4 Å². The maximum Gasteiger partial charge on any atom is 0.242 e. The van der Waals surface area contributed by atoms with Crippen LogP contribution in [-0.4, -0.2) is 11.4 Å². The van der Waals surface area contributed by atoms with Crippen molar-refractivity contribution < 1.29 is 9.18 Å². The standard InChI is InChI=1S/C16H25FN2O/c1-3-4-5-6-9-12-16(2,15(18)20)19-14-11-8-7-10-13(14)17/h7-8,10-11,19H,3-6,9,12H2,1-2H3,(H2,18,20). The lowest BCUT2D eigenvalue weighted by atomic mass is 9.92. The van der Waals surface area contributed by atoms with E-state index in [-0.39, 0.29) is 5.82 Å². The van der Waals surface area contributed by atoms with Gasteiger partial charge >= 0.3 is 0 Å². The molecule has 0 aliphatic carbocycles. The molecule has 0 heterocycles. The first-order chi connectivity index (χ1) is 9.49. The van der Waals surface area contributed by atoms with Crippen molar-refractivity contribution in [1.82, 2.24) is 0 Å². The molecule has 0 aliphatic rings. The van der Waals surface area contributed by atoms with Gasteiger partial charge in [0.2, 0.25) is 5.91 Å². The summed E-state index contributed by atoms with van der Waals surface area (Å²) in [5.41, 5.74) is 4.90. The molecule has 20 heavy (non-hydrogen) atoms. The van der Waals surface area contributed by atoms with Crippen LogP contribution in [0.15, 0.2) is 24.3 Å². The fraction of sp³-hybridized carbons (Fsp3) is 0.562. The Balaban J connectivity index is 2.63. The highest BCUT2D eigenvalue weighted by Gasteiger charge is 2.30. The van der Waals surface area contributed by atoms with Gasteiger partial charge in [-0.15, -0.1) is 0 Å². The van der Waals surface area contributed by atoms with Gasteiger partial charge in [-0.1, -0.05) is 51.2 Å². The first kappa shape index (κ1) is 16.5. The van der Waals surface area contributed by atoms with Gasteiger partial charge in [-0.2, -0.15) is 0 Å². The molecule has 0 saturated heterocycles. The number of carbonyl (C=O) groups excluding carboxylic acids is 1. The van der Waals surface area contributed by atoms with Gasteiger partial charge in [0.05, 0.1) is 5.69 Å². The molecule has 4 heteroatoms. The quantitative estimate of drug-likeness (QED) is 0.675. The Bertz CT molecular complexity index is 436. The molecule has 0 aliphatic heterocycles. The minimum atomic E-state index is -0.908. The number of para-hydroxylation sites is 1. The Morgan fingerprint density at radius 2 is 1.90 bits per heavy atom. The second-order valence-electron chi connectivity index (χ2n) is 5.47. The van der Waals surface area contributed by atoms with Crippen molar-refractivity contribution in [3.05, 3.63) is 30.1 Å². The lowest BCUT2D eigenvalue weighted by molar-refractivity contribution is -0.122. The molecule has 1 rings (SSSR count). The molecular formula is C16H25FN2O. The highest BCUT2D eigenvalue weighted by atomic mass is 19.1. The summed E-state index contributed by atoms with van der Waals surface area (Å²) in [5.74, 6) is -0.817. The smallest absolute Gasteiger partial charge is 0.242 e. The van der Waals surface area contributed by atoms with Gasteiger partial charge in [-0.25, -0.2) is 4.39 Å². The second-order valence-corrected chi connectivity index (χ2v) is 5.47. The minimum Gasteiger partial charge on any atom is -0.369 e. The topological polar surface area (TPSA) is 55.1 Å². The van der Waals surface area contributed by atoms with Crippen LogP contribution in [0.1, 0.15) is 52.4 Å². The van der Waals surface area contributed by atoms with Gasteiger partial charge in [-0.05, 0) is 25.5 Å². The highest BCUT2D eigenvalue weighted by Crippen LogP contribution is 2.23. The SMILES string of the molecule is CCCCCCCC(C)(Nc1ccccc1F)C(N)=O. The van der Waals surface area contributed by atoms with Crippen molar-refractivity contribution in [2.75, 3.05) is 5.32 Å². The number of rotatable bonds is 9. The Labute approximate surface area is 120 Å². The third kappa shape index (κ3) is 4.83. The number of halogens is 1. The molecule has 0 spiro atoms. The molecular weight excluding hydrogens is 255 g/mol. The first-order valence-electron chi connectivity index (χ1n) is 7.32. The minimum absolute atomic E-state index is 0.322. The van der Waals surface area contributed by atoms with E-state index in [9.17, 15) is 9.18 Å². The summed E-state index contributed by atoms with van der Waals surface area (Å²) in [6, 6.07) is 6.33. The number of nitrogens with two attached hydrogens (primary N) is 1. The number of benzene rings is 1. The molecule has 3 nitrogen and oxygen atoms in total.